The molecular formula is C25H20Br2N4O4. The Labute approximate surface area is 217 Å². The maximum atomic E-state index is 13.1. The van der Waals surface area contributed by atoms with Crippen LogP contribution in [-0.4, -0.2) is 29.0 Å². The van der Waals surface area contributed by atoms with Crippen molar-refractivity contribution in [2.24, 2.45) is 0 Å². The van der Waals surface area contributed by atoms with E-state index < -0.39 is 17.7 Å². The highest BCUT2D eigenvalue weighted by atomic mass is 79.9. The fourth-order valence-electron chi connectivity index (χ4n) is 3.38. The lowest BCUT2D eigenvalue weighted by molar-refractivity contribution is -0.133. The minimum atomic E-state index is -0.950. The summed E-state index contributed by atoms with van der Waals surface area (Å²) in [4.78, 5) is 38.6. The Hall–Kier alpha value is -3.63. The molecule has 1 aromatic heterocycles. The zero-order chi connectivity index (χ0) is 24.9. The molecule has 0 aliphatic rings. The molecule has 0 aliphatic heterocycles. The Kier molecular flexibility index (Phi) is 7.52. The molecule has 8 nitrogen and oxygen atoms in total. The Bertz CT molecular complexity index is 1420. The van der Waals surface area contributed by atoms with Gasteiger partial charge in [-0.3, -0.25) is 19.8 Å². The van der Waals surface area contributed by atoms with E-state index in [0.29, 0.717) is 34.6 Å². The van der Waals surface area contributed by atoms with Crippen molar-refractivity contribution in [1.29, 1.82) is 0 Å². The van der Waals surface area contributed by atoms with Crippen molar-refractivity contribution < 1.29 is 19.1 Å². The van der Waals surface area contributed by atoms with Crippen molar-refractivity contribution in [3.8, 4) is 5.75 Å². The Balaban J connectivity index is 1.61. The number of ether oxygens (including phenoxy) is 1. The second-order valence-electron chi connectivity index (χ2n) is 7.35. The fourth-order valence-corrected chi connectivity index (χ4v) is 4.03. The smallest absolute Gasteiger partial charge is 0.328 e. The van der Waals surface area contributed by atoms with Gasteiger partial charge in [0.15, 0.2) is 0 Å². The summed E-state index contributed by atoms with van der Waals surface area (Å²) >= 11 is 6.78. The molecular weight excluding hydrogens is 580 g/mol. The summed E-state index contributed by atoms with van der Waals surface area (Å²) in [6.07, 6.45) is 0. The number of hydrogen-bond acceptors (Lipinski definition) is 4. The van der Waals surface area contributed by atoms with Gasteiger partial charge in [-0.1, -0.05) is 44.0 Å². The van der Waals surface area contributed by atoms with E-state index in [-0.39, 0.29) is 5.69 Å². The summed E-state index contributed by atoms with van der Waals surface area (Å²) in [7, 11) is 0. The number of amides is 3. The van der Waals surface area contributed by atoms with Crippen molar-refractivity contribution in [1.82, 2.24) is 4.68 Å². The summed E-state index contributed by atoms with van der Waals surface area (Å²) in [5, 5.41) is 6.06. The van der Waals surface area contributed by atoms with Crippen LogP contribution < -0.4 is 20.8 Å². The van der Waals surface area contributed by atoms with Crippen molar-refractivity contribution in [3.05, 3.63) is 87.4 Å². The number of nitrogens with zero attached hydrogens (tertiary/aromatic N) is 1. The van der Waals surface area contributed by atoms with Gasteiger partial charge in [0, 0.05) is 20.0 Å². The average Bonchev–Trinajstić information content (AvgIpc) is 3.19. The number of fused-ring (bicyclic) bond motifs is 1. The lowest BCUT2D eigenvalue weighted by atomic mass is 10.2. The lowest BCUT2D eigenvalue weighted by Gasteiger charge is -2.14. The normalized spacial score (nSPS) is 10.6. The zero-order valence-corrected chi connectivity index (χ0v) is 21.6. The van der Waals surface area contributed by atoms with Gasteiger partial charge >= 0.3 is 11.8 Å². The fraction of sp³-hybridized carbons (Fsp3) is 0.0800. The van der Waals surface area contributed by atoms with Crippen LogP contribution in [0, 0.1) is 0 Å². The van der Waals surface area contributed by atoms with Crippen LogP contribution in [0.4, 0.5) is 11.4 Å². The molecule has 178 valence electrons. The van der Waals surface area contributed by atoms with Gasteiger partial charge in [-0.15, -0.1) is 0 Å². The molecule has 3 N–H and O–H groups in total. The number of carbonyl (C=O) groups is 3. The largest absolute Gasteiger partial charge is 0.492 e. The molecule has 1 heterocycles. The molecule has 0 fully saturated rings. The van der Waals surface area contributed by atoms with Crippen LogP contribution in [0.25, 0.3) is 10.9 Å². The van der Waals surface area contributed by atoms with E-state index in [4.69, 9.17) is 4.74 Å². The predicted molar refractivity (Wildman–Crippen MR) is 142 cm³/mol. The van der Waals surface area contributed by atoms with E-state index >= 15 is 0 Å². The maximum Gasteiger partial charge on any atom is 0.328 e. The highest BCUT2D eigenvalue weighted by Gasteiger charge is 2.22. The lowest BCUT2D eigenvalue weighted by Crippen LogP contribution is -2.36. The summed E-state index contributed by atoms with van der Waals surface area (Å²) in [6, 6.07) is 20.9. The third kappa shape index (κ3) is 5.72. The third-order valence-corrected chi connectivity index (χ3v) is 5.97. The molecule has 3 amide bonds. The first kappa shape index (κ1) is 24.5. The van der Waals surface area contributed by atoms with Crippen molar-refractivity contribution in [2.45, 2.75) is 6.92 Å². The second kappa shape index (κ2) is 10.7. The van der Waals surface area contributed by atoms with E-state index in [1.165, 1.54) is 4.68 Å². The first-order chi connectivity index (χ1) is 16.9. The van der Waals surface area contributed by atoms with Crippen molar-refractivity contribution in [3.63, 3.8) is 0 Å². The summed E-state index contributed by atoms with van der Waals surface area (Å²) in [5.41, 5.74) is 4.18. The molecule has 0 atom stereocenters. The van der Waals surface area contributed by atoms with Crippen LogP contribution in [0.3, 0.4) is 0 Å². The van der Waals surface area contributed by atoms with E-state index in [9.17, 15) is 14.4 Å². The van der Waals surface area contributed by atoms with Gasteiger partial charge in [-0.25, -0.2) is 4.68 Å². The molecule has 35 heavy (non-hydrogen) atoms. The molecule has 0 radical (unpaired) electrons. The highest BCUT2D eigenvalue weighted by Crippen LogP contribution is 2.25. The van der Waals surface area contributed by atoms with Crippen LogP contribution in [0.1, 0.15) is 17.4 Å². The van der Waals surface area contributed by atoms with Gasteiger partial charge in [0.05, 0.1) is 17.8 Å². The summed E-state index contributed by atoms with van der Waals surface area (Å²) in [6.45, 7) is 2.22. The van der Waals surface area contributed by atoms with Gasteiger partial charge in [0.25, 0.3) is 5.91 Å². The Morgan fingerprint density at radius 1 is 0.857 bits per heavy atom. The number of rotatable bonds is 6. The van der Waals surface area contributed by atoms with Crippen molar-refractivity contribution in [2.75, 3.05) is 22.7 Å². The predicted octanol–water partition coefficient (Wildman–Crippen LogP) is 5.53. The first-order valence-electron chi connectivity index (χ1n) is 10.6. The monoisotopic (exact) mass is 598 g/mol. The molecule has 0 spiro atoms. The number of nitrogens with one attached hydrogen (secondary N) is 3. The molecule has 4 aromatic rings. The number of hydrogen-bond donors (Lipinski definition) is 3. The first-order valence-corrected chi connectivity index (χ1v) is 12.2. The zero-order valence-electron chi connectivity index (χ0n) is 18.5. The molecule has 0 saturated carbocycles. The summed E-state index contributed by atoms with van der Waals surface area (Å²) in [5.74, 6) is -1.87. The third-order valence-electron chi connectivity index (χ3n) is 4.95. The molecule has 0 unspecified atom stereocenters. The number of para-hydroxylation sites is 2. The Morgan fingerprint density at radius 2 is 1.57 bits per heavy atom. The van der Waals surface area contributed by atoms with Gasteiger partial charge in [-0.2, -0.15) is 0 Å². The number of benzene rings is 3. The topological polar surface area (TPSA) is 101 Å². The van der Waals surface area contributed by atoms with Crippen LogP contribution >= 0.6 is 31.9 Å². The van der Waals surface area contributed by atoms with Crippen LogP contribution in [0.5, 0.6) is 5.75 Å². The summed E-state index contributed by atoms with van der Waals surface area (Å²) < 4.78 is 8.47. The van der Waals surface area contributed by atoms with E-state index in [2.05, 4.69) is 47.9 Å². The van der Waals surface area contributed by atoms with Gasteiger partial charge < -0.3 is 15.4 Å². The average molecular weight is 600 g/mol. The molecule has 10 heteroatoms. The van der Waals surface area contributed by atoms with E-state index in [0.717, 1.165) is 8.95 Å². The number of carbonyl (C=O) groups excluding carboxylic acids is 3. The molecule has 0 saturated heterocycles. The standard InChI is InChI=1S/C25H20Br2N4O4/c1-2-35-22-6-4-3-5-19(22)29-24(33)25(34)30-31-20-12-9-17(27)13-15(20)14-21(31)23(32)28-18-10-7-16(26)8-11-18/h3-14H,2H2,1H3,(H,28,32)(H,29,33)(H,30,34). The van der Waals surface area contributed by atoms with Crippen LogP contribution in [0.2, 0.25) is 0 Å². The van der Waals surface area contributed by atoms with E-state index in [1.54, 1.807) is 66.7 Å². The number of aromatic nitrogens is 1. The molecule has 4 rings (SSSR count). The molecule has 0 aliphatic carbocycles. The van der Waals surface area contributed by atoms with Gasteiger partial charge in [0.1, 0.15) is 11.4 Å². The number of halogens is 2. The van der Waals surface area contributed by atoms with Crippen LogP contribution in [-0.2, 0) is 9.59 Å². The van der Waals surface area contributed by atoms with Crippen LogP contribution in [0.15, 0.2) is 81.7 Å². The Morgan fingerprint density at radius 3 is 2.31 bits per heavy atom. The minimum Gasteiger partial charge on any atom is -0.492 e. The minimum absolute atomic E-state index is 0.150. The molecule has 3 aromatic carbocycles. The van der Waals surface area contributed by atoms with Crippen molar-refractivity contribution >= 4 is 71.9 Å². The van der Waals surface area contributed by atoms with Gasteiger partial charge in [0.2, 0.25) is 0 Å². The SMILES string of the molecule is CCOc1ccccc1NC(=O)C(=O)Nn1c(C(=O)Nc2ccc(Br)cc2)cc2cc(Br)ccc21. The highest BCUT2D eigenvalue weighted by molar-refractivity contribution is 9.10. The second-order valence-corrected chi connectivity index (χ2v) is 9.18. The quantitative estimate of drug-likeness (QED) is 0.254. The molecule has 0 bridgehead atoms. The van der Waals surface area contributed by atoms with E-state index in [1.807, 2.05) is 13.0 Å². The van der Waals surface area contributed by atoms with Gasteiger partial charge in [-0.05, 0) is 67.6 Å². The number of anilines is 2. The maximum absolute atomic E-state index is 13.1.